The van der Waals surface area contributed by atoms with Gasteiger partial charge in [-0.25, -0.2) is 0 Å². The number of nitrogens with two attached hydrogens (primary N) is 1. The Morgan fingerprint density at radius 3 is 2.60 bits per heavy atom. The minimum Gasteiger partial charge on any atom is -0.497 e. The minimum absolute atomic E-state index is 0.104. The van der Waals surface area contributed by atoms with E-state index in [9.17, 15) is 5.11 Å². The molecule has 128 valence electrons. The van der Waals surface area contributed by atoms with Gasteiger partial charge < -0.3 is 20.9 Å². The summed E-state index contributed by atoms with van der Waals surface area (Å²) in [5.74, 6) is 1.50. The zero-order chi connectivity index (χ0) is 17.6. The van der Waals surface area contributed by atoms with Crippen LogP contribution in [0.3, 0.4) is 0 Å². The van der Waals surface area contributed by atoms with Gasteiger partial charge in [0.1, 0.15) is 5.75 Å². The number of rotatable bonds is 6. The Morgan fingerprint density at radius 1 is 1.08 bits per heavy atom. The minimum atomic E-state index is -0.141. The van der Waals surface area contributed by atoms with Gasteiger partial charge in [0.05, 0.1) is 13.7 Å². The summed E-state index contributed by atoms with van der Waals surface area (Å²) in [4.78, 5) is 12.7. The van der Waals surface area contributed by atoms with Crippen LogP contribution in [-0.4, -0.2) is 27.2 Å². The molecule has 4 N–H and O–H groups in total. The standard InChI is InChI=1S/C18H19N5O2/c1-25-14-8-7-13(11-24)15(9-14)16-21-17(19)23-18(22-16)20-10-12-5-3-2-4-6-12/h2-9,24H,10-11H2,1H3,(H3,19,20,21,22,23). The van der Waals surface area contributed by atoms with Crippen molar-refractivity contribution in [2.24, 2.45) is 0 Å². The lowest BCUT2D eigenvalue weighted by atomic mass is 10.1. The second-order valence-corrected chi connectivity index (χ2v) is 5.36. The Hall–Kier alpha value is -3.19. The molecule has 7 nitrogen and oxygen atoms in total. The van der Waals surface area contributed by atoms with Gasteiger partial charge in [-0.1, -0.05) is 36.4 Å². The van der Waals surface area contributed by atoms with Gasteiger partial charge in [-0.05, 0) is 23.3 Å². The molecule has 0 saturated carbocycles. The van der Waals surface area contributed by atoms with Crippen molar-refractivity contribution in [1.82, 2.24) is 15.0 Å². The number of ether oxygens (including phenoxy) is 1. The van der Waals surface area contributed by atoms with Crippen molar-refractivity contribution in [1.29, 1.82) is 0 Å². The number of nitrogens with zero attached hydrogens (tertiary/aromatic N) is 3. The monoisotopic (exact) mass is 337 g/mol. The van der Waals surface area contributed by atoms with Crippen molar-refractivity contribution in [3.63, 3.8) is 0 Å². The average Bonchev–Trinajstić information content (AvgIpc) is 2.66. The summed E-state index contributed by atoms with van der Waals surface area (Å²) in [5.41, 5.74) is 8.26. The van der Waals surface area contributed by atoms with Crippen LogP contribution in [0.15, 0.2) is 48.5 Å². The number of hydrogen-bond donors (Lipinski definition) is 3. The lowest BCUT2D eigenvalue weighted by molar-refractivity contribution is 0.282. The summed E-state index contributed by atoms with van der Waals surface area (Å²) >= 11 is 0. The quantitative estimate of drug-likeness (QED) is 0.633. The first-order valence-electron chi connectivity index (χ1n) is 7.77. The Kier molecular flexibility index (Phi) is 5.06. The molecular formula is C18H19N5O2. The van der Waals surface area contributed by atoms with E-state index in [2.05, 4.69) is 20.3 Å². The molecule has 0 atom stereocenters. The van der Waals surface area contributed by atoms with E-state index < -0.39 is 0 Å². The third-order valence-corrected chi connectivity index (χ3v) is 3.67. The number of anilines is 2. The van der Waals surface area contributed by atoms with Gasteiger partial charge in [0.15, 0.2) is 5.82 Å². The highest BCUT2D eigenvalue weighted by Crippen LogP contribution is 2.26. The van der Waals surface area contributed by atoms with Crippen molar-refractivity contribution >= 4 is 11.9 Å². The second kappa shape index (κ2) is 7.59. The molecule has 0 spiro atoms. The molecule has 0 aliphatic rings. The predicted molar refractivity (Wildman–Crippen MR) is 95.9 cm³/mol. The Balaban J connectivity index is 1.91. The molecule has 0 bridgehead atoms. The molecule has 0 saturated heterocycles. The molecule has 0 aliphatic carbocycles. The van der Waals surface area contributed by atoms with Crippen molar-refractivity contribution in [3.05, 3.63) is 59.7 Å². The molecule has 0 radical (unpaired) electrons. The maximum Gasteiger partial charge on any atom is 0.228 e. The fraction of sp³-hybridized carbons (Fsp3) is 0.167. The van der Waals surface area contributed by atoms with E-state index in [4.69, 9.17) is 10.5 Å². The molecule has 0 amide bonds. The summed E-state index contributed by atoms with van der Waals surface area (Å²) in [6.07, 6.45) is 0. The van der Waals surface area contributed by atoms with Gasteiger partial charge in [-0.15, -0.1) is 0 Å². The largest absolute Gasteiger partial charge is 0.497 e. The van der Waals surface area contributed by atoms with E-state index in [-0.39, 0.29) is 12.6 Å². The lowest BCUT2D eigenvalue weighted by Gasteiger charge is -2.11. The van der Waals surface area contributed by atoms with Gasteiger partial charge in [0, 0.05) is 12.1 Å². The highest BCUT2D eigenvalue weighted by Gasteiger charge is 2.12. The molecule has 2 aromatic carbocycles. The highest BCUT2D eigenvalue weighted by molar-refractivity contribution is 5.64. The fourth-order valence-electron chi connectivity index (χ4n) is 2.40. The Morgan fingerprint density at radius 2 is 1.88 bits per heavy atom. The maximum atomic E-state index is 9.58. The van der Waals surface area contributed by atoms with Crippen LogP contribution in [0.1, 0.15) is 11.1 Å². The van der Waals surface area contributed by atoms with E-state index in [0.29, 0.717) is 35.2 Å². The van der Waals surface area contributed by atoms with Crippen LogP contribution in [0.2, 0.25) is 0 Å². The summed E-state index contributed by atoms with van der Waals surface area (Å²) in [7, 11) is 1.58. The molecule has 1 aromatic heterocycles. The van der Waals surface area contributed by atoms with Crippen LogP contribution >= 0.6 is 0 Å². The zero-order valence-corrected chi connectivity index (χ0v) is 13.8. The predicted octanol–water partition coefficient (Wildman–Crippen LogP) is 2.23. The van der Waals surface area contributed by atoms with Crippen LogP contribution in [0, 0.1) is 0 Å². The molecule has 7 heteroatoms. The molecule has 3 rings (SSSR count). The number of hydrogen-bond acceptors (Lipinski definition) is 7. The smallest absolute Gasteiger partial charge is 0.228 e. The lowest BCUT2D eigenvalue weighted by Crippen LogP contribution is -2.08. The SMILES string of the molecule is COc1ccc(CO)c(-c2nc(N)nc(NCc3ccccc3)n2)c1. The van der Waals surface area contributed by atoms with E-state index in [1.807, 2.05) is 30.3 Å². The molecular weight excluding hydrogens is 318 g/mol. The first kappa shape index (κ1) is 16.7. The van der Waals surface area contributed by atoms with Crippen LogP contribution in [-0.2, 0) is 13.2 Å². The number of aliphatic hydroxyl groups excluding tert-OH is 1. The number of aromatic nitrogens is 3. The number of benzene rings is 2. The fourth-order valence-corrected chi connectivity index (χ4v) is 2.40. The molecule has 0 unspecified atom stereocenters. The number of nitrogen functional groups attached to an aromatic ring is 1. The maximum absolute atomic E-state index is 9.58. The van der Waals surface area contributed by atoms with E-state index >= 15 is 0 Å². The van der Waals surface area contributed by atoms with Crippen LogP contribution in [0.25, 0.3) is 11.4 Å². The molecule has 3 aromatic rings. The van der Waals surface area contributed by atoms with E-state index in [1.165, 1.54) is 0 Å². The third kappa shape index (κ3) is 4.02. The number of aliphatic hydroxyl groups is 1. The van der Waals surface area contributed by atoms with Gasteiger partial charge >= 0.3 is 0 Å². The summed E-state index contributed by atoms with van der Waals surface area (Å²) in [6.45, 7) is 0.423. The van der Waals surface area contributed by atoms with E-state index in [0.717, 1.165) is 5.56 Å². The van der Waals surface area contributed by atoms with Crippen molar-refractivity contribution in [3.8, 4) is 17.1 Å². The second-order valence-electron chi connectivity index (χ2n) is 5.36. The summed E-state index contributed by atoms with van der Waals surface area (Å²) in [5, 5.41) is 12.7. The van der Waals surface area contributed by atoms with Gasteiger partial charge in [-0.3, -0.25) is 0 Å². The van der Waals surface area contributed by atoms with Gasteiger partial charge in [-0.2, -0.15) is 15.0 Å². The zero-order valence-electron chi connectivity index (χ0n) is 13.8. The Bertz CT molecular complexity index is 855. The topological polar surface area (TPSA) is 106 Å². The highest BCUT2D eigenvalue weighted by atomic mass is 16.5. The molecule has 1 heterocycles. The average molecular weight is 337 g/mol. The summed E-state index contributed by atoms with van der Waals surface area (Å²) in [6, 6.07) is 15.2. The van der Waals surface area contributed by atoms with E-state index in [1.54, 1.807) is 25.3 Å². The molecule has 25 heavy (non-hydrogen) atoms. The number of methoxy groups -OCH3 is 1. The van der Waals surface area contributed by atoms with Gasteiger partial charge in [0.2, 0.25) is 11.9 Å². The third-order valence-electron chi connectivity index (χ3n) is 3.67. The number of nitrogens with one attached hydrogen (secondary N) is 1. The first-order valence-corrected chi connectivity index (χ1v) is 7.77. The molecule has 0 fully saturated rings. The normalized spacial score (nSPS) is 10.5. The van der Waals surface area contributed by atoms with Crippen molar-refractivity contribution in [2.45, 2.75) is 13.2 Å². The van der Waals surface area contributed by atoms with Crippen molar-refractivity contribution < 1.29 is 9.84 Å². The van der Waals surface area contributed by atoms with Gasteiger partial charge in [0.25, 0.3) is 0 Å². The van der Waals surface area contributed by atoms with Crippen LogP contribution in [0.5, 0.6) is 5.75 Å². The van der Waals surface area contributed by atoms with Crippen LogP contribution < -0.4 is 15.8 Å². The first-order chi connectivity index (χ1) is 12.2. The summed E-state index contributed by atoms with van der Waals surface area (Å²) < 4.78 is 5.24. The van der Waals surface area contributed by atoms with Crippen LogP contribution in [0.4, 0.5) is 11.9 Å². The Labute approximate surface area is 145 Å². The molecule has 0 aliphatic heterocycles. The van der Waals surface area contributed by atoms with Crippen molar-refractivity contribution in [2.75, 3.05) is 18.2 Å².